The topological polar surface area (TPSA) is 43.1 Å². The third kappa shape index (κ3) is 8.38. The highest BCUT2D eigenvalue weighted by molar-refractivity contribution is 5.82. The first-order chi connectivity index (χ1) is 12.6. The number of amides is 1. The Bertz CT molecular complexity index is 509. The van der Waals surface area contributed by atoms with E-state index in [4.69, 9.17) is 5.73 Å². The molecular formula is C24H41NO. The smallest absolute Gasteiger partial charge is 0.224 e. The number of carbonyl (C=O) groups excluding carboxylic acids is 1. The molecule has 1 rings (SSSR count). The lowest BCUT2D eigenvalue weighted by molar-refractivity contribution is -0.119. The average molecular weight is 360 g/mol. The zero-order valence-electron chi connectivity index (χ0n) is 17.5. The molecule has 1 atom stereocenters. The third-order valence-electron chi connectivity index (χ3n) is 5.56. The number of hydrogen-bond donors (Lipinski definition) is 1. The minimum absolute atomic E-state index is 0.120. The van der Waals surface area contributed by atoms with Gasteiger partial charge in [0.15, 0.2) is 0 Å². The van der Waals surface area contributed by atoms with E-state index in [-0.39, 0.29) is 11.8 Å². The molecule has 0 saturated carbocycles. The van der Waals surface area contributed by atoms with Crippen LogP contribution in [0, 0.1) is 0 Å². The summed E-state index contributed by atoms with van der Waals surface area (Å²) in [5, 5.41) is 0. The van der Waals surface area contributed by atoms with Crippen molar-refractivity contribution in [3.63, 3.8) is 0 Å². The number of aryl methyl sites for hydroxylation is 2. The first-order valence-electron chi connectivity index (χ1n) is 11.0. The van der Waals surface area contributed by atoms with E-state index in [1.165, 1.54) is 74.5 Å². The zero-order valence-corrected chi connectivity index (χ0v) is 17.5. The number of benzene rings is 1. The van der Waals surface area contributed by atoms with Crippen molar-refractivity contribution in [2.75, 3.05) is 0 Å². The van der Waals surface area contributed by atoms with Crippen LogP contribution in [0.4, 0.5) is 0 Å². The van der Waals surface area contributed by atoms with Gasteiger partial charge in [-0.05, 0) is 36.0 Å². The molecule has 148 valence electrons. The second-order valence-electron chi connectivity index (χ2n) is 7.67. The summed E-state index contributed by atoms with van der Waals surface area (Å²) in [7, 11) is 0. The van der Waals surface area contributed by atoms with E-state index in [9.17, 15) is 4.79 Å². The maximum absolute atomic E-state index is 12.1. The molecule has 0 radical (unpaired) electrons. The van der Waals surface area contributed by atoms with E-state index in [2.05, 4.69) is 39.0 Å². The van der Waals surface area contributed by atoms with Gasteiger partial charge < -0.3 is 5.73 Å². The predicted molar refractivity (Wildman–Crippen MR) is 114 cm³/mol. The first-order valence-corrected chi connectivity index (χ1v) is 11.0. The molecular weight excluding hydrogens is 318 g/mol. The summed E-state index contributed by atoms with van der Waals surface area (Å²) in [5.41, 5.74) is 9.52. The summed E-state index contributed by atoms with van der Waals surface area (Å²) in [4.78, 5) is 12.1. The fraction of sp³-hybridized carbons (Fsp3) is 0.708. The minimum Gasteiger partial charge on any atom is -0.369 e. The lowest BCUT2D eigenvalue weighted by Gasteiger charge is -2.18. The van der Waals surface area contributed by atoms with Crippen molar-refractivity contribution in [3.8, 4) is 0 Å². The molecule has 0 aromatic heterocycles. The monoisotopic (exact) mass is 359 g/mol. The lowest BCUT2D eigenvalue weighted by atomic mass is 9.86. The molecule has 0 aliphatic heterocycles. The predicted octanol–water partition coefficient (Wildman–Crippen LogP) is 6.69. The van der Waals surface area contributed by atoms with Gasteiger partial charge >= 0.3 is 0 Å². The van der Waals surface area contributed by atoms with Crippen LogP contribution in [0.15, 0.2) is 18.2 Å². The Balaban J connectivity index is 2.39. The Labute approximate surface area is 162 Å². The van der Waals surface area contributed by atoms with Gasteiger partial charge in [-0.1, -0.05) is 103 Å². The third-order valence-corrected chi connectivity index (χ3v) is 5.56. The number of carbonyl (C=O) groups is 1. The second kappa shape index (κ2) is 13.8. The van der Waals surface area contributed by atoms with Gasteiger partial charge in [0.1, 0.15) is 0 Å². The molecule has 1 aromatic rings. The van der Waals surface area contributed by atoms with E-state index in [0.29, 0.717) is 0 Å². The number of unbranched alkanes of at least 4 members (excludes halogenated alkanes) is 9. The quantitative estimate of drug-likeness (QED) is 0.348. The van der Waals surface area contributed by atoms with Crippen molar-refractivity contribution >= 4 is 5.91 Å². The molecule has 0 heterocycles. The SMILES string of the molecule is CCCCCCCCCCCCC(C(N)=O)c1cc(CC)ccc1CC. The van der Waals surface area contributed by atoms with Gasteiger partial charge in [-0.15, -0.1) is 0 Å². The molecule has 2 heteroatoms. The summed E-state index contributed by atoms with van der Waals surface area (Å²) in [6.07, 6.45) is 16.0. The van der Waals surface area contributed by atoms with E-state index in [0.717, 1.165) is 25.7 Å². The molecule has 0 spiro atoms. The van der Waals surface area contributed by atoms with Gasteiger partial charge in [-0.25, -0.2) is 0 Å². The van der Waals surface area contributed by atoms with Crippen LogP contribution < -0.4 is 5.73 Å². The summed E-state index contributed by atoms with van der Waals surface area (Å²) in [6, 6.07) is 6.58. The van der Waals surface area contributed by atoms with Crippen LogP contribution in [0.2, 0.25) is 0 Å². The van der Waals surface area contributed by atoms with Crippen molar-refractivity contribution in [3.05, 3.63) is 34.9 Å². The molecule has 1 amide bonds. The minimum atomic E-state index is -0.163. The largest absolute Gasteiger partial charge is 0.369 e. The first kappa shape index (κ1) is 22.7. The Kier molecular flexibility index (Phi) is 12.1. The lowest BCUT2D eigenvalue weighted by Crippen LogP contribution is -2.22. The van der Waals surface area contributed by atoms with Crippen LogP contribution >= 0.6 is 0 Å². The Hall–Kier alpha value is -1.31. The Morgan fingerprint density at radius 2 is 1.42 bits per heavy atom. The summed E-state index contributed by atoms with van der Waals surface area (Å²) in [5.74, 6) is -0.283. The van der Waals surface area contributed by atoms with Gasteiger partial charge in [0.2, 0.25) is 5.91 Å². The number of nitrogens with two attached hydrogens (primary N) is 1. The van der Waals surface area contributed by atoms with Crippen LogP contribution in [-0.4, -0.2) is 5.91 Å². The summed E-state index contributed by atoms with van der Waals surface area (Å²) < 4.78 is 0. The number of primary amides is 1. The van der Waals surface area contributed by atoms with Gasteiger partial charge in [-0.2, -0.15) is 0 Å². The van der Waals surface area contributed by atoms with Gasteiger partial charge in [0.25, 0.3) is 0 Å². The van der Waals surface area contributed by atoms with Crippen LogP contribution in [-0.2, 0) is 17.6 Å². The summed E-state index contributed by atoms with van der Waals surface area (Å²) >= 11 is 0. The fourth-order valence-corrected chi connectivity index (χ4v) is 3.80. The van der Waals surface area contributed by atoms with Crippen LogP contribution in [0.1, 0.15) is 114 Å². The van der Waals surface area contributed by atoms with Gasteiger partial charge in [0.05, 0.1) is 5.92 Å². The van der Waals surface area contributed by atoms with Crippen LogP contribution in [0.5, 0.6) is 0 Å². The number of rotatable bonds is 15. The Morgan fingerprint density at radius 3 is 1.92 bits per heavy atom. The van der Waals surface area contributed by atoms with Crippen molar-refractivity contribution in [1.29, 1.82) is 0 Å². The van der Waals surface area contributed by atoms with Crippen molar-refractivity contribution < 1.29 is 4.79 Å². The molecule has 2 N–H and O–H groups in total. The molecule has 0 aliphatic carbocycles. The van der Waals surface area contributed by atoms with E-state index in [1.807, 2.05) is 0 Å². The highest BCUT2D eigenvalue weighted by Crippen LogP contribution is 2.27. The second-order valence-corrected chi connectivity index (χ2v) is 7.67. The van der Waals surface area contributed by atoms with Crippen molar-refractivity contribution in [2.24, 2.45) is 5.73 Å². The average Bonchev–Trinajstić information content (AvgIpc) is 2.65. The maximum Gasteiger partial charge on any atom is 0.224 e. The molecule has 0 aliphatic rings. The molecule has 1 aromatic carbocycles. The summed E-state index contributed by atoms with van der Waals surface area (Å²) in [6.45, 7) is 6.58. The fourth-order valence-electron chi connectivity index (χ4n) is 3.80. The van der Waals surface area contributed by atoms with E-state index < -0.39 is 0 Å². The molecule has 0 saturated heterocycles. The molecule has 2 nitrogen and oxygen atoms in total. The maximum atomic E-state index is 12.1. The van der Waals surface area contributed by atoms with E-state index >= 15 is 0 Å². The molecule has 26 heavy (non-hydrogen) atoms. The van der Waals surface area contributed by atoms with Crippen molar-refractivity contribution in [2.45, 2.75) is 110 Å². The zero-order chi connectivity index (χ0) is 19.2. The van der Waals surface area contributed by atoms with Crippen LogP contribution in [0.25, 0.3) is 0 Å². The van der Waals surface area contributed by atoms with Crippen LogP contribution in [0.3, 0.4) is 0 Å². The molecule has 0 fully saturated rings. The normalized spacial score (nSPS) is 12.3. The standard InChI is InChI=1S/C24H41NO/c1-4-7-8-9-10-11-12-13-14-15-16-22(24(25)26)23-19-20(5-2)17-18-21(23)6-3/h17-19,22H,4-16H2,1-3H3,(H2,25,26). The van der Waals surface area contributed by atoms with Crippen molar-refractivity contribution in [1.82, 2.24) is 0 Å². The van der Waals surface area contributed by atoms with Gasteiger partial charge in [-0.3, -0.25) is 4.79 Å². The molecule has 0 bridgehead atoms. The van der Waals surface area contributed by atoms with E-state index in [1.54, 1.807) is 0 Å². The van der Waals surface area contributed by atoms with Gasteiger partial charge in [0, 0.05) is 0 Å². The number of hydrogen-bond acceptors (Lipinski definition) is 1. The molecule has 1 unspecified atom stereocenters. The Morgan fingerprint density at radius 1 is 0.846 bits per heavy atom. The highest BCUT2D eigenvalue weighted by atomic mass is 16.1. The highest BCUT2D eigenvalue weighted by Gasteiger charge is 2.20.